The van der Waals surface area contributed by atoms with E-state index >= 15 is 0 Å². The third-order valence-electron chi connectivity index (χ3n) is 2.80. The molecule has 100 valence electrons. The van der Waals surface area contributed by atoms with Crippen LogP contribution in [0.25, 0.3) is 11.3 Å². The molecule has 19 heavy (non-hydrogen) atoms. The third-order valence-corrected chi connectivity index (χ3v) is 2.80. The molecule has 0 N–H and O–H groups in total. The minimum absolute atomic E-state index is 0.246. The number of ether oxygens (including phenoxy) is 1. The fourth-order valence-electron chi connectivity index (χ4n) is 1.85. The summed E-state index contributed by atoms with van der Waals surface area (Å²) in [4.78, 5) is 11.9. The highest BCUT2D eigenvalue weighted by molar-refractivity contribution is 5.97. The molecule has 0 spiro atoms. The van der Waals surface area contributed by atoms with E-state index in [0.717, 1.165) is 5.56 Å². The number of hydrogen-bond donors (Lipinski definition) is 0. The van der Waals surface area contributed by atoms with E-state index < -0.39 is 11.8 Å². The predicted molar refractivity (Wildman–Crippen MR) is 67.3 cm³/mol. The molecule has 4 nitrogen and oxygen atoms in total. The topological polar surface area (TPSA) is 52.3 Å². The summed E-state index contributed by atoms with van der Waals surface area (Å²) in [6, 6.07) is 4.31. The number of halogens is 1. The van der Waals surface area contributed by atoms with E-state index in [1.807, 2.05) is 6.92 Å². The van der Waals surface area contributed by atoms with E-state index in [0.29, 0.717) is 17.0 Å². The SMILES string of the molecule is CCOC(=O)c1c(-c2cc(F)ccc2C)noc1C. The van der Waals surface area contributed by atoms with Crippen molar-refractivity contribution in [3.05, 3.63) is 40.9 Å². The number of carbonyl (C=O) groups is 1. The molecule has 0 aliphatic carbocycles. The van der Waals surface area contributed by atoms with Crippen molar-refractivity contribution in [2.45, 2.75) is 20.8 Å². The maximum Gasteiger partial charge on any atom is 0.344 e. The van der Waals surface area contributed by atoms with Gasteiger partial charge in [0, 0.05) is 5.56 Å². The van der Waals surface area contributed by atoms with Gasteiger partial charge in [-0.15, -0.1) is 0 Å². The molecule has 2 aromatic rings. The van der Waals surface area contributed by atoms with E-state index in [-0.39, 0.29) is 12.2 Å². The average molecular weight is 263 g/mol. The highest BCUT2D eigenvalue weighted by Gasteiger charge is 2.23. The van der Waals surface area contributed by atoms with Gasteiger partial charge in [-0.3, -0.25) is 0 Å². The summed E-state index contributed by atoms with van der Waals surface area (Å²) in [5.74, 6) is -0.548. The fraction of sp³-hybridized carbons (Fsp3) is 0.286. The van der Waals surface area contributed by atoms with Crippen LogP contribution in [-0.2, 0) is 4.74 Å². The van der Waals surface area contributed by atoms with Crippen LogP contribution >= 0.6 is 0 Å². The monoisotopic (exact) mass is 263 g/mol. The first kappa shape index (κ1) is 13.3. The van der Waals surface area contributed by atoms with Crippen LogP contribution in [-0.4, -0.2) is 17.7 Å². The Kier molecular flexibility index (Phi) is 3.64. The second-order valence-corrected chi connectivity index (χ2v) is 4.14. The van der Waals surface area contributed by atoms with Gasteiger partial charge in [-0.1, -0.05) is 11.2 Å². The molecule has 0 fully saturated rings. The quantitative estimate of drug-likeness (QED) is 0.797. The highest BCUT2D eigenvalue weighted by Crippen LogP contribution is 2.29. The molecule has 0 aliphatic rings. The Morgan fingerprint density at radius 3 is 2.84 bits per heavy atom. The maximum atomic E-state index is 13.3. The number of nitrogens with zero attached hydrogens (tertiary/aromatic N) is 1. The molecule has 0 atom stereocenters. The molecule has 1 aromatic heterocycles. The Morgan fingerprint density at radius 2 is 2.16 bits per heavy atom. The molecular weight excluding hydrogens is 249 g/mol. The number of aryl methyl sites for hydroxylation is 2. The van der Waals surface area contributed by atoms with Gasteiger partial charge in [0.2, 0.25) is 0 Å². The third kappa shape index (κ3) is 2.50. The van der Waals surface area contributed by atoms with E-state index in [1.165, 1.54) is 12.1 Å². The van der Waals surface area contributed by atoms with Crippen LogP contribution in [0.3, 0.4) is 0 Å². The summed E-state index contributed by atoms with van der Waals surface area (Å²) < 4.78 is 23.4. The average Bonchev–Trinajstić information content (AvgIpc) is 2.74. The lowest BCUT2D eigenvalue weighted by Gasteiger charge is -2.05. The van der Waals surface area contributed by atoms with Crippen molar-refractivity contribution in [2.75, 3.05) is 6.61 Å². The van der Waals surface area contributed by atoms with Crippen LogP contribution < -0.4 is 0 Å². The van der Waals surface area contributed by atoms with Crippen molar-refractivity contribution in [1.29, 1.82) is 0 Å². The molecular formula is C14H14FNO3. The number of esters is 1. The van der Waals surface area contributed by atoms with Crippen LogP contribution in [0, 0.1) is 19.7 Å². The lowest BCUT2D eigenvalue weighted by molar-refractivity contribution is 0.0525. The molecule has 1 aromatic carbocycles. The number of hydrogen-bond acceptors (Lipinski definition) is 4. The molecule has 0 aliphatic heterocycles. The normalized spacial score (nSPS) is 10.5. The fourth-order valence-corrected chi connectivity index (χ4v) is 1.85. The maximum absolute atomic E-state index is 13.3. The summed E-state index contributed by atoms with van der Waals surface area (Å²) in [6.07, 6.45) is 0. The first-order valence-electron chi connectivity index (χ1n) is 5.94. The van der Waals surface area contributed by atoms with Gasteiger partial charge in [-0.25, -0.2) is 9.18 Å². The number of aromatic nitrogens is 1. The first-order chi connectivity index (χ1) is 9.04. The molecule has 1 heterocycles. The lowest BCUT2D eigenvalue weighted by atomic mass is 10.0. The molecule has 2 rings (SSSR count). The van der Waals surface area contributed by atoms with Crippen molar-refractivity contribution >= 4 is 5.97 Å². The predicted octanol–water partition coefficient (Wildman–Crippen LogP) is 3.27. The van der Waals surface area contributed by atoms with Crippen LogP contribution in [0.5, 0.6) is 0 Å². The number of rotatable bonds is 3. The zero-order chi connectivity index (χ0) is 14.0. The summed E-state index contributed by atoms with van der Waals surface area (Å²) in [7, 11) is 0. The second-order valence-electron chi connectivity index (χ2n) is 4.14. The molecule has 0 unspecified atom stereocenters. The van der Waals surface area contributed by atoms with E-state index in [4.69, 9.17) is 9.26 Å². The molecule has 5 heteroatoms. The van der Waals surface area contributed by atoms with E-state index in [9.17, 15) is 9.18 Å². The van der Waals surface area contributed by atoms with Crippen LogP contribution in [0.2, 0.25) is 0 Å². The van der Waals surface area contributed by atoms with Crippen molar-refractivity contribution in [1.82, 2.24) is 5.16 Å². The molecule has 0 amide bonds. The summed E-state index contributed by atoms with van der Waals surface area (Å²) in [5, 5.41) is 3.85. The lowest BCUT2D eigenvalue weighted by Crippen LogP contribution is -2.07. The Hall–Kier alpha value is -2.17. The zero-order valence-electron chi connectivity index (χ0n) is 11.0. The Labute approximate surface area is 110 Å². The van der Waals surface area contributed by atoms with Crippen molar-refractivity contribution in [3.8, 4) is 11.3 Å². The number of benzene rings is 1. The van der Waals surface area contributed by atoms with Gasteiger partial charge < -0.3 is 9.26 Å². The van der Waals surface area contributed by atoms with Gasteiger partial charge in [-0.2, -0.15) is 0 Å². The van der Waals surface area contributed by atoms with Crippen LogP contribution in [0.15, 0.2) is 22.7 Å². The molecule has 0 bridgehead atoms. The largest absolute Gasteiger partial charge is 0.462 e. The van der Waals surface area contributed by atoms with Gasteiger partial charge in [0.1, 0.15) is 22.8 Å². The highest BCUT2D eigenvalue weighted by atomic mass is 19.1. The Balaban J connectivity index is 2.57. The summed E-state index contributed by atoms with van der Waals surface area (Å²) >= 11 is 0. The summed E-state index contributed by atoms with van der Waals surface area (Å²) in [5.41, 5.74) is 1.89. The Bertz CT molecular complexity index is 619. The van der Waals surface area contributed by atoms with Crippen LogP contribution in [0.4, 0.5) is 4.39 Å². The minimum Gasteiger partial charge on any atom is -0.462 e. The number of carbonyl (C=O) groups excluding carboxylic acids is 1. The van der Waals surface area contributed by atoms with Gasteiger partial charge >= 0.3 is 5.97 Å². The standard InChI is InChI=1S/C14H14FNO3/c1-4-18-14(17)12-9(3)19-16-13(12)11-7-10(15)6-5-8(11)2/h5-7H,4H2,1-3H3. The van der Waals surface area contributed by atoms with Gasteiger partial charge in [-0.05, 0) is 38.5 Å². The van der Waals surface area contributed by atoms with Crippen molar-refractivity contribution < 1.29 is 18.4 Å². The Morgan fingerprint density at radius 1 is 1.42 bits per heavy atom. The smallest absolute Gasteiger partial charge is 0.344 e. The summed E-state index contributed by atoms with van der Waals surface area (Å²) in [6.45, 7) is 5.41. The van der Waals surface area contributed by atoms with Crippen molar-refractivity contribution in [3.63, 3.8) is 0 Å². The minimum atomic E-state index is -0.514. The van der Waals surface area contributed by atoms with Gasteiger partial charge in [0.05, 0.1) is 6.61 Å². The van der Waals surface area contributed by atoms with Gasteiger partial charge in [0.25, 0.3) is 0 Å². The van der Waals surface area contributed by atoms with Gasteiger partial charge in [0.15, 0.2) is 0 Å². The van der Waals surface area contributed by atoms with Crippen molar-refractivity contribution in [2.24, 2.45) is 0 Å². The molecule has 0 saturated carbocycles. The van der Waals surface area contributed by atoms with E-state index in [1.54, 1.807) is 19.9 Å². The second kappa shape index (κ2) is 5.22. The first-order valence-corrected chi connectivity index (χ1v) is 5.94. The van der Waals surface area contributed by atoms with Crippen LogP contribution in [0.1, 0.15) is 28.6 Å². The molecule has 0 radical (unpaired) electrons. The molecule has 0 saturated heterocycles. The van der Waals surface area contributed by atoms with E-state index in [2.05, 4.69) is 5.16 Å². The zero-order valence-corrected chi connectivity index (χ0v) is 11.0.